The lowest BCUT2D eigenvalue weighted by molar-refractivity contribution is 0.241. The highest BCUT2D eigenvalue weighted by atomic mass is 127. The van der Waals surface area contributed by atoms with E-state index >= 15 is 0 Å². The van der Waals surface area contributed by atoms with Crippen molar-refractivity contribution in [2.24, 2.45) is 0 Å². The van der Waals surface area contributed by atoms with Gasteiger partial charge < -0.3 is 14.0 Å². The van der Waals surface area contributed by atoms with Gasteiger partial charge in [0, 0.05) is 22.7 Å². The minimum atomic E-state index is -0.0107. The molecule has 0 atom stereocenters. The summed E-state index contributed by atoms with van der Waals surface area (Å²) in [6.45, 7) is 6.04. The van der Waals surface area contributed by atoms with Crippen LogP contribution in [0.1, 0.15) is 32.9 Å². The van der Waals surface area contributed by atoms with E-state index in [1.54, 1.807) is 18.2 Å². The zero-order valence-electron chi connectivity index (χ0n) is 17.8. The predicted octanol–water partition coefficient (Wildman–Crippen LogP) is 8.33. The summed E-state index contributed by atoms with van der Waals surface area (Å²) in [5.41, 5.74) is 3.09. The Bertz CT molecular complexity index is 1260. The van der Waals surface area contributed by atoms with E-state index in [4.69, 9.17) is 42.2 Å². The molecule has 2 heterocycles. The van der Waals surface area contributed by atoms with Gasteiger partial charge >= 0.3 is 0 Å². The lowest BCUT2D eigenvalue weighted by Gasteiger charge is -2.14. The van der Waals surface area contributed by atoms with E-state index in [0.29, 0.717) is 38.7 Å². The van der Waals surface area contributed by atoms with Gasteiger partial charge in [-0.25, -0.2) is 4.98 Å². The van der Waals surface area contributed by atoms with Crippen molar-refractivity contribution in [2.75, 3.05) is 0 Å². The van der Waals surface area contributed by atoms with Crippen LogP contribution in [0.3, 0.4) is 0 Å². The van der Waals surface area contributed by atoms with Crippen molar-refractivity contribution >= 4 is 56.8 Å². The Hall–Kier alpha value is -2.03. The largest absolute Gasteiger partial charge is 0.488 e. The van der Waals surface area contributed by atoms with Crippen LogP contribution in [0.2, 0.25) is 10.0 Å². The van der Waals surface area contributed by atoms with Gasteiger partial charge in [0.05, 0.1) is 25.8 Å². The molecule has 0 radical (unpaired) electrons. The van der Waals surface area contributed by atoms with Crippen LogP contribution in [-0.2, 0) is 6.42 Å². The first-order valence-corrected chi connectivity index (χ1v) is 12.1. The molecule has 0 aliphatic heterocycles. The molecule has 5 nitrogen and oxygen atoms in total. The van der Waals surface area contributed by atoms with Crippen LogP contribution in [0.15, 0.2) is 47.0 Å². The molecule has 0 aliphatic carbocycles. The van der Waals surface area contributed by atoms with Gasteiger partial charge in [0.2, 0.25) is 5.88 Å². The van der Waals surface area contributed by atoms with Gasteiger partial charge in [-0.05, 0) is 73.2 Å². The van der Waals surface area contributed by atoms with E-state index in [0.717, 1.165) is 33.1 Å². The van der Waals surface area contributed by atoms with Crippen LogP contribution < -0.4 is 9.47 Å². The summed E-state index contributed by atoms with van der Waals surface area (Å²) in [5, 5.41) is 6.37. The van der Waals surface area contributed by atoms with E-state index in [-0.39, 0.29) is 6.10 Å². The Morgan fingerprint density at radius 1 is 1.09 bits per heavy atom. The van der Waals surface area contributed by atoms with E-state index in [1.807, 2.05) is 38.1 Å². The number of nitrogens with zero attached hydrogens (tertiary/aromatic N) is 2. The van der Waals surface area contributed by atoms with Crippen LogP contribution in [0.5, 0.6) is 17.4 Å². The molecule has 0 spiro atoms. The Balaban J connectivity index is 1.79. The maximum Gasteiger partial charge on any atom is 0.219 e. The molecule has 0 saturated heterocycles. The van der Waals surface area contributed by atoms with Gasteiger partial charge in [0.15, 0.2) is 11.3 Å². The van der Waals surface area contributed by atoms with E-state index in [2.05, 4.69) is 34.7 Å². The molecule has 0 amide bonds. The first kappa shape index (κ1) is 23.1. The van der Waals surface area contributed by atoms with E-state index < -0.39 is 0 Å². The van der Waals surface area contributed by atoms with Crippen LogP contribution in [0, 0.1) is 3.57 Å². The third-order valence-electron chi connectivity index (χ3n) is 4.69. The molecule has 0 N–H and O–H groups in total. The fourth-order valence-electron chi connectivity index (χ4n) is 3.34. The molecule has 0 aliphatic rings. The molecular weight excluding hydrogens is 562 g/mol. The van der Waals surface area contributed by atoms with Crippen molar-refractivity contribution in [1.29, 1.82) is 0 Å². The lowest BCUT2D eigenvalue weighted by atomic mass is 10.0. The summed E-state index contributed by atoms with van der Waals surface area (Å²) in [7, 11) is 0. The Kier molecular flexibility index (Phi) is 7.12. The number of hydrogen-bond acceptors (Lipinski definition) is 5. The molecule has 8 heteroatoms. The fraction of sp³-hybridized carbons (Fsp3) is 0.250. The molecule has 0 unspecified atom stereocenters. The molecule has 4 rings (SSSR count). The van der Waals surface area contributed by atoms with Gasteiger partial charge in [-0.1, -0.05) is 41.7 Å². The Labute approximate surface area is 210 Å². The van der Waals surface area contributed by atoms with Gasteiger partial charge in [-0.3, -0.25) is 0 Å². The van der Waals surface area contributed by atoms with E-state index in [9.17, 15) is 0 Å². The average Bonchev–Trinajstić information content (AvgIpc) is 3.17. The van der Waals surface area contributed by atoms with E-state index in [1.165, 1.54) is 0 Å². The van der Waals surface area contributed by atoms with Crippen LogP contribution in [0.25, 0.3) is 22.2 Å². The molecular formula is C24H21Cl2IN2O3. The van der Waals surface area contributed by atoms with Crippen molar-refractivity contribution in [2.45, 2.75) is 39.7 Å². The molecule has 0 bridgehead atoms. The summed E-state index contributed by atoms with van der Waals surface area (Å²) in [6, 6.07) is 12.7. The highest BCUT2D eigenvalue weighted by molar-refractivity contribution is 14.1. The van der Waals surface area contributed by atoms with Crippen molar-refractivity contribution < 1.29 is 14.0 Å². The number of hydrogen-bond donors (Lipinski definition) is 0. The second-order valence-corrected chi connectivity index (χ2v) is 9.44. The predicted molar refractivity (Wildman–Crippen MR) is 136 cm³/mol. The SMILES string of the molecule is CCCc1nc(Oc2ccc(Cl)cc2)ccc1-c1noc2cc(Cl)c(OC(C)C)c(I)c12. The monoisotopic (exact) mass is 582 g/mol. The van der Waals surface area contributed by atoms with Gasteiger partial charge in [-0.2, -0.15) is 0 Å². The van der Waals surface area contributed by atoms with Gasteiger partial charge in [-0.15, -0.1) is 0 Å². The molecule has 0 saturated carbocycles. The summed E-state index contributed by atoms with van der Waals surface area (Å²) in [5.74, 6) is 1.81. The second-order valence-electron chi connectivity index (χ2n) is 7.52. The van der Waals surface area contributed by atoms with Crippen LogP contribution >= 0.6 is 45.8 Å². The third-order valence-corrected chi connectivity index (χ3v) is 6.25. The number of pyridine rings is 1. The number of aromatic nitrogens is 2. The molecule has 32 heavy (non-hydrogen) atoms. The Morgan fingerprint density at radius 2 is 1.84 bits per heavy atom. The minimum Gasteiger partial charge on any atom is -0.488 e. The number of ether oxygens (including phenoxy) is 2. The van der Waals surface area contributed by atoms with Crippen LogP contribution in [0.4, 0.5) is 0 Å². The number of fused-ring (bicyclic) bond motifs is 1. The van der Waals surface area contributed by atoms with Gasteiger partial charge in [0.1, 0.15) is 11.4 Å². The maximum atomic E-state index is 6.44. The normalized spacial score (nSPS) is 11.3. The lowest BCUT2D eigenvalue weighted by Crippen LogP contribution is -2.07. The second kappa shape index (κ2) is 9.85. The molecule has 0 fully saturated rings. The number of aryl methyl sites for hydroxylation is 1. The number of benzene rings is 2. The Morgan fingerprint density at radius 3 is 2.53 bits per heavy atom. The standard InChI is InChI=1S/C24H21Cl2IN2O3/c1-4-5-18-16(10-11-20(28-18)31-15-8-6-14(25)7-9-15)23-21-19(32-29-23)12-17(26)24(22(21)27)30-13(2)3/h6-13H,4-5H2,1-3H3. The summed E-state index contributed by atoms with van der Waals surface area (Å²) in [6.07, 6.45) is 1.68. The topological polar surface area (TPSA) is 57.4 Å². The van der Waals surface area contributed by atoms with Crippen molar-refractivity contribution in [3.05, 3.63) is 61.8 Å². The van der Waals surface area contributed by atoms with Crippen molar-refractivity contribution in [3.8, 4) is 28.6 Å². The summed E-state index contributed by atoms with van der Waals surface area (Å²) >= 11 is 14.6. The molecule has 2 aromatic carbocycles. The summed E-state index contributed by atoms with van der Waals surface area (Å²) in [4.78, 5) is 4.76. The first-order valence-electron chi connectivity index (χ1n) is 10.2. The quantitative estimate of drug-likeness (QED) is 0.205. The zero-order chi connectivity index (χ0) is 22.8. The number of rotatable bonds is 7. The smallest absolute Gasteiger partial charge is 0.219 e. The van der Waals surface area contributed by atoms with Crippen molar-refractivity contribution in [1.82, 2.24) is 10.1 Å². The maximum absolute atomic E-state index is 6.44. The minimum absolute atomic E-state index is 0.0107. The molecule has 4 aromatic rings. The molecule has 166 valence electrons. The first-order chi connectivity index (χ1) is 15.4. The van der Waals surface area contributed by atoms with Gasteiger partial charge in [0.25, 0.3) is 0 Å². The molecule has 2 aromatic heterocycles. The number of halogens is 3. The summed E-state index contributed by atoms with van der Waals surface area (Å²) < 4.78 is 18.4. The van der Waals surface area contributed by atoms with Crippen LogP contribution in [-0.4, -0.2) is 16.2 Å². The zero-order valence-corrected chi connectivity index (χ0v) is 21.5. The van der Waals surface area contributed by atoms with Crippen molar-refractivity contribution in [3.63, 3.8) is 0 Å². The average molecular weight is 583 g/mol. The fourth-order valence-corrected chi connectivity index (χ4v) is 4.81. The highest BCUT2D eigenvalue weighted by Crippen LogP contribution is 2.42. The third kappa shape index (κ3) is 4.82. The highest BCUT2D eigenvalue weighted by Gasteiger charge is 2.23.